The van der Waals surface area contributed by atoms with Crippen LogP contribution in [0, 0.1) is 0 Å². The van der Waals surface area contributed by atoms with E-state index < -0.39 is 0 Å². The van der Waals surface area contributed by atoms with Gasteiger partial charge in [0.15, 0.2) is 29.1 Å². The van der Waals surface area contributed by atoms with E-state index in [0.717, 1.165) is 22.4 Å². The van der Waals surface area contributed by atoms with Crippen molar-refractivity contribution in [3.8, 4) is 0 Å². The Morgan fingerprint density at radius 2 is 1.33 bits per heavy atom. The van der Waals surface area contributed by atoms with Crippen molar-refractivity contribution in [1.82, 2.24) is 5.32 Å². The molecule has 0 spiro atoms. The second-order valence-electron chi connectivity index (χ2n) is 11.5. The first-order chi connectivity index (χ1) is 20.2. The minimum absolute atomic E-state index is 0.968. The van der Waals surface area contributed by atoms with E-state index in [9.17, 15) is 0 Å². The van der Waals surface area contributed by atoms with E-state index in [1.807, 2.05) is 18.2 Å². The lowest BCUT2D eigenvalue weighted by Gasteiger charge is -2.10. The Morgan fingerprint density at radius 3 is 2.05 bits per heavy atom. The quantitative estimate of drug-likeness (QED) is 0.334. The van der Waals surface area contributed by atoms with Crippen LogP contribution in [0.4, 0.5) is 0 Å². The van der Waals surface area contributed by atoms with E-state index in [1.165, 1.54) is 77.3 Å². The van der Waals surface area contributed by atoms with Crippen molar-refractivity contribution in [3.63, 3.8) is 0 Å². The van der Waals surface area contributed by atoms with Gasteiger partial charge in [0.25, 0.3) is 0 Å². The number of nitrogens with one attached hydrogen (secondary N) is 1. The van der Waals surface area contributed by atoms with Crippen LogP contribution in [0.15, 0.2) is 136 Å². The van der Waals surface area contributed by atoms with Crippen LogP contribution in [0.2, 0.25) is 0 Å². The second-order valence-corrected chi connectivity index (χ2v) is 11.5. The molecular weight excluding hydrogens is 502 g/mol. The number of benzene rings is 2. The summed E-state index contributed by atoms with van der Waals surface area (Å²) >= 11 is 0. The highest BCUT2D eigenvalue weighted by molar-refractivity contribution is 6.73. The van der Waals surface area contributed by atoms with E-state index in [2.05, 4.69) is 137 Å². The maximum Gasteiger partial charge on any atom is 0.193 e. The van der Waals surface area contributed by atoms with Crippen molar-refractivity contribution < 1.29 is 0 Å². The molecule has 0 amide bonds. The zero-order valence-corrected chi connectivity index (χ0v) is 25.3. The predicted octanol–water partition coefficient (Wildman–Crippen LogP) is 5.79. The number of rotatable bonds is 8. The molecule has 0 fully saturated rings. The summed E-state index contributed by atoms with van der Waals surface area (Å²) in [5.41, 5.74) is 22.2. The van der Waals surface area contributed by atoms with Crippen LogP contribution < -0.4 is 21.7 Å². The standard InChI is InChI=1S/C37H33B4N/c1-9-25(17-32-21(5)22(6)36(41-32)37-24(8)27-14-12-13-15-31(27)40-37)42-20(4)16-33-26(10-2)29-19-34-28(18-35(29)39-33)23(7)30(11-3)38-34/h9-19,42H,1-3H2,4-8H3/b20-16+,25-17+. The first-order valence-corrected chi connectivity index (χ1v) is 14.5. The van der Waals surface area contributed by atoms with Gasteiger partial charge in [0.2, 0.25) is 0 Å². The summed E-state index contributed by atoms with van der Waals surface area (Å²) in [5, 5.41) is 3.60. The van der Waals surface area contributed by atoms with Gasteiger partial charge < -0.3 is 5.32 Å². The predicted molar refractivity (Wildman–Crippen MR) is 188 cm³/mol. The Hall–Kier alpha value is -4.10. The van der Waals surface area contributed by atoms with Gasteiger partial charge in [0, 0.05) is 11.4 Å². The third-order valence-electron chi connectivity index (χ3n) is 9.01. The first-order valence-electron chi connectivity index (χ1n) is 14.5. The fraction of sp³-hybridized carbons (Fsp3) is 0.135. The van der Waals surface area contributed by atoms with Crippen molar-refractivity contribution in [3.05, 3.63) is 153 Å². The minimum atomic E-state index is 0.968. The smallest absolute Gasteiger partial charge is 0.193 e. The molecule has 4 aliphatic heterocycles. The molecule has 6 rings (SSSR count). The van der Waals surface area contributed by atoms with Crippen LogP contribution >= 0.6 is 0 Å². The fourth-order valence-electron chi connectivity index (χ4n) is 6.51. The third-order valence-corrected chi connectivity index (χ3v) is 9.01. The normalized spacial score (nSPS) is 17.5. The highest BCUT2D eigenvalue weighted by Crippen LogP contribution is 2.36. The van der Waals surface area contributed by atoms with Gasteiger partial charge in [-0.2, -0.15) is 0 Å². The lowest BCUT2D eigenvalue weighted by molar-refractivity contribution is 1.00. The van der Waals surface area contributed by atoms with Crippen LogP contribution in [0.3, 0.4) is 0 Å². The molecule has 0 unspecified atom stereocenters. The van der Waals surface area contributed by atoms with Crippen molar-refractivity contribution in [2.75, 3.05) is 0 Å². The van der Waals surface area contributed by atoms with E-state index in [4.69, 9.17) is 0 Å². The van der Waals surface area contributed by atoms with E-state index >= 15 is 0 Å². The lowest BCUT2D eigenvalue weighted by Crippen LogP contribution is -2.22. The third kappa shape index (κ3) is 4.66. The topological polar surface area (TPSA) is 12.0 Å². The SMILES string of the molecule is C=CC1=C(C)c2cc3c(cc2[B]1)C(C=C)=C(/C=C(\C)N/C(C=C)=C/C1=C(C)C(C)=C(C2=C(C)c4ccccc4[B]2)[B]1)[B]3. The first kappa shape index (κ1) is 28.0. The van der Waals surface area contributed by atoms with Crippen molar-refractivity contribution in [2.45, 2.75) is 34.6 Å². The second kappa shape index (κ2) is 11.0. The molecule has 0 saturated heterocycles. The van der Waals surface area contributed by atoms with Crippen molar-refractivity contribution >= 4 is 62.2 Å². The molecule has 0 aliphatic carbocycles. The average molecular weight is 535 g/mol. The van der Waals surface area contributed by atoms with Crippen LogP contribution in [0.5, 0.6) is 0 Å². The molecule has 0 saturated carbocycles. The van der Waals surface area contributed by atoms with Crippen molar-refractivity contribution in [1.29, 1.82) is 0 Å². The minimum Gasteiger partial charge on any atom is -0.359 e. The number of fused-ring (bicyclic) bond motifs is 3. The monoisotopic (exact) mass is 535 g/mol. The number of hydrogen-bond acceptors (Lipinski definition) is 1. The summed E-state index contributed by atoms with van der Waals surface area (Å²) in [6, 6.07) is 13.2. The Balaban J connectivity index is 1.21. The van der Waals surface area contributed by atoms with Gasteiger partial charge in [-0.15, -0.1) is 0 Å². The Morgan fingerprint density at radius 1 is 0.643 bits per heavy atom. The summed E-state index contributed by atoms with van der Waals surface area (Å²) in [6.45, 7) is 23.2. The Kier molecular flexibility index (Phi) is 7.31. The van der Waals surface area contributed by atoms with E-state index in [-0.39, 0.29) is 0 Å². The molecule has 1 N–H and O–H groups in total. The van der Waals surface area contributed by atoms with Gasteiger partial charge in [0.1, 0.15) is 0 Å². The van der Waals surface area contributed by atoms with Gasteiger partial charge in [-0.25, -0.2) is 0 Å². The molecule has 4 heterocycles. The summed E-state index contributed by atoms with van der Waals surface area (Å²) in [5.74, 6) is 0. The molecule has 42 heavy (non-hydrogen) atoms. The van der Waals surface area contributed by atoms with Crippen LogP contribution in [0.25, 0.3) is 16.7 Å². The molecule has 0 bridgehead atoms. The zero-order valence-electron chi connectivity index (χ0n) is 25.3. The molecule has 1 nitrogen and oxygen atoms in total. The molecule has 198 valence electrons. The maximum atomic E-state index is 4.14. The van der Waals surface area contributed by atoms with Gasteiger partial charge >= 0.3 is 0 Å². The Bertz CT molecular complexity index is 1830. The average Bonchev–Trinajstić information content (AvgIpc) is 3.68. The maximum absolute atomic E-state index is 4.14. The highest BCUT2D eigenvalue weighted by atomic mass is 14.9. The molecule has 0 atom stereocenters. The summed E-state index contributed by atoms with van der Waals surface area (Å²) in [7, 11) is 9.13. The van der Waals surface area contributed by atoms with Gasteiger partial charge in [0.05, 0.1) is 0 Å². The highest BCUT2D eigenvalue weighted by Gasteiger charge is 2.28. The van der Waals surface area contributed by atoms with Crippen LogP contribution in [-0.4, -0.2) is 29.1 Å². The molecular formula is C37H33B4N. The summed E-state index contributed by atoms with van der Waals surface area (Å²) in [4.78, 5) is 0. The van der Waals surface area contributed by atoms with Gasteiger partial charge in [-0.1, -0.05) is 134 Å². The molecule has 4 radical (unpaired) electrons. The van der Waals surface area contributed by atoms with E-state index in [0.29, 0.717) is 0 Å². The lowest BCUT2D eigenvalue weighted by atomic mass is 9.53. The Labute approximate surface area is 254 Å². The largest absolute Gasteiger partial charge is 0.359 e. The summed E-state index contributed by atoms with van der Waals surface area (Å²) in [6.07, 6.45) is 10.2. The fourth-order valence-corrected chi connectivity index (χ4v) is 6.51. The molecule has 5 heteroatoms. The van der Waals surface area contributed by atoms with E-state index in [1.54, 1.807) is 0 Å². The molecule has 2 aromatic rings. The molecule has 2 aromatic carbocycles. The van der Waals surface area contributed by atoms with Gasteiger partial charge in [-0.3, -0.25) is 0 Å². The zero-order chi connectivity index (χ0) is 29.7. The van der Waals surface area contributed by atoms with Crippen LogP contribution in [-0.2, 0) is 0 Å². The summed E-state index contributed by atoms with van der Waals surface area (Å²) < 4.78 is 0. The number of allylic oxidation sites excluding steroid dienone is 16. The van der Waals surface area contributed by atoms with Gasteiger partial charge in [-0.05, 0) is 75.1 Å². The van der Waals surface area contributed by atoms with Crippen molar-refractivity contribution in [2.24, 2.45) is 0 Å². The molecule has 0 aromatic heterocycles. The van der Waals surface area contributed by atoms with Crippen LogP contribution in [0.1, 0.15) is 51.3 Å². The number of hydrogen-bond donors (Lipinski definition) is 1. The molecule has 4 aliphatic rings.